The number of hydrogen-bond donors (Lipinski definition) is 2. The van der Waals surface area contributed by atoms with E-state index in [9.17, 15) is 0 Å². The van der Waals surface area contributed by atoms with E-state index in [-0.39, 0.29) is 24.0 Å². The van der Waals surface area contributed by atoms with Crippen molar-refractivity contribution in [1.82, 2.24) is 15.5 Å². The first-order chi connectivity index (χ1) is 12.7. The van der Waals surface area contributed by atoms with Crippen LogP contribution in [0.3, 0.4) is 0 Å². The van der Waals surface area contributed by atoms with Gasteiger partial charge in [0.15, 0.2) is 5.96 Å². The molecule has 27 heavy (non-hydrogen) atoms. The fraction of sp³-hybridized carbons (Fsp3) is 0.650. The van der Waals surface area contributed by atoms with Crippen molar-refractivity contribution in [2.24, 2.45) is 10.9 Å². The maximum atomic E-state index is 5.22. The second-order valence-electron chi connectivity index (χ2n) is 6.79. The molecule has 0 unspecified atom stereocenters. The van der Waals surface area contributed by atoms with E-state index in [1.54, 1.807) is 14.2 Å². The van der Waals surface area contributed by atoms with Crippen LogP contribution in [0.5, 0.6) is 5.75 Å². The van der Waals surface area contributed by atoms with Gasteiger partial charge in [0, 0.05) is 40.4 Å². The third kappa shape index (κ3) is 9.12. The van der Waals surface area contributed by atoms with Gasteiger partial charge in [0.2, 0.25) is 0 Å². The van der Waals surface area contributed by atoms with Gasteiger partial charge in [-0.2, -0.15) is 0 Å². The monoisotopic (exact) mass is 490 g/mol. The molecule has 154 valence electrons. The Morgan fingerprint density at radius 1 is 1.15 bits per heavy atom. The van der Waals surface area contributed by atoms with Crippen LogP contribution in [0.15, 0.2) is 29.3 Å². The molecular formula is C20H35IN4O2. The fourth-order valence-electron chi connectivity index (χ4n) is 3.22. The lowest BCUT2D eigenvalue weighted by Gasteiger charge is -2.32. The van der Waals surface area contributed by atoms with Crippen molar-refractivity contribution in [2.45, 2.75) is 25.8 Å². The van der Waals surface area contributed by atoms with Gasteiger partial charge in [-0.1, -0.05) is 12.1 Å². The zero-order valence-electron chi connectivity index (χ0n) is 16.9. The molecule has 0 aliphatic carbocycles. The van der Waals surface area contributed by atoms with E-state index in [1.807, 2.05) is 19.2 Å². The van der Waals surface area contributed by atoms with Crippen molar-refractivity contribution in [3.8, 4) is 5.75 Å². The van der Waals surface area contributed by atoms with Crippen LogP contribution in [0.1, 0.15) is 24.8 Å². The molecule has 1 aromatic carbocycles. The molecule has 0 bridgehead atoms. The molecule has 6 nitrogen and oxygen atoms in total. The molecule has 0 radical (unpaired) electrons. The molecule has 0 spiro atoms. The van der Waals surface area contributed by atoms with Gasteiger partial charge < -0.3 is 20.1 Å². The molecule has 7 heteroatoms. The Hall–Kier alpha value is -1.06. The number of ether oxygens (including phenoxy) is 2. The first kappa shape index (κ1) is 24.0. The lowest BCUT2D eigenvalue weighted by Crippen LogP contribution is -2.43. The Morgan fingerprint density at radius 2 is 1.85 bits per heavy atom. The highest BCUT2D eigenvalue weighted by Crippen LogP contribution is 2.19. The van der Waals surface area contributed by atoms with Gasteiger partial charge in [-0.15, -0.1) is 24.0 Å². The molecule has 2 rings (SSSR count). The summed E-state index contributed by atoms with van der Waals surface area (Å²) in [5.41, 5.74) is 1.35. The van der Waals surface area contributed by atoms with Crippen LogP contribution in [-0.4, -0.2) is 64.9 Å². The van der Waals surface area contributed by atoms with Crippen LogP contribution in [0, 0.1) is 5.92 Å². The van der Waals surface area contributed by atoms with Gasteiger partial charge >= 0.3 is 0 Å². The van der Waals surface area contributed by atoms with Crippen LogP contribution in [0.4, 0.5) is 0 Å². The van der Waals surface area contributed by atoms with E-state index >= 15 is 0 Å². The number of piperidine rings is 1. The molecule has 0 amide bonds. The molecule has 2 N–H and O–H groups in total. The number of aliphatic imine (C=N–C) groups is 1. The number of methoxy groups -OCH3 is 2. The predicted molar refractivity (Wildman–Crippen MR) is 122 cm³/mol. The van der Waals surface area contributed by atoms with E-state index in [1.165, 1.54) is 18.4 Å². The smallest absolute Gasteiger partial charge is 0.190 e. The number of benzene rings is 1. The van der Waals surface area contributed by atoms with Crippen molar-refractivity contribution < 1.29 is 9.47 Å². The van der Waals surface area contributed by atoms with Crippen LogP contribution in [-0.2, 0) is 11.3 Å². The summed E-state index contributed by atoms with van der Waals surface area (Å²) in [5.74, 6) is 2.52. The normalized spacial score (nSPS) is 15.9. The molecule has 1 aliphatic rings. The SMILES string of the molecule is CN=C(NCCCOC)NCC1CCN(Cc2ccc(OC)cc2)CC1.I. The number of nitrogens with one attached hydrogen (secondary N) is 2. The van der Waals surface area contributed by atoms with Crippen LogP contribution >= 0.6 is 24.0 Å². The van der Waals surface area contributed by atoms with Gasteiger partial charge in [0.05, 0.1) is 7.11 Å². The fourth-order valence-corrected chi connectivity index (χ4v) is 3.22. The van der Waals surface area contributed by atoms with Gasteiger partial charge in [-0.25, -0.2) is 0 Å². The third-order valence-electron chi connectivity index (χ3n) is 4.87. The number of likely N-dealkylation sites (tertiary alicyclic amines) is 1. The summed E-state index contributed by atoms with van der Waals surface area (Å²) in [7, 11) is 5.26. The second kappa shape index (κ2) is 14.0. The molecule has 1 aromatic rings. The maximum Gasteiger partial charge on any atom is 0.190 e. The topological polar surface area (TPSA) is 58.1 Å². The van der Waals surface area contributed by atoms with E-state index in [2.05, 4.69) is 32.7 Å². The van der Waals surface area contributed by atoms with Crippen LogP contribution in [0.25, 0.3) is 0 Å². The highest BCUT2D eigenvalue weighted by molar-refractivity contribution is 14.0. The minimum absolute atomic E-state index is 0. The standard InChI is InChI=1S/C20H34N4O2.HI/c1-21-20(22-11-4-14-25-2)23-15-17-9-12-24(13-10-17)16-18-5-7-19(26-3)8-6-18;/h5-8,17H,4,9-16H2,1-3H3,(H2,21,22,23);1H. The number of rotatable bonds is 9. The highest BCUT2D eigenvalue weighted by atomic mass is 127. The van der Waals surface area contributed by atoms with Gasteiger partial charge in [0.25, 0.3) is 0 Å². The van der Waals surface area contributed by atoms with Crippen molar-refractivity contribution in [3.05, 3.63) is 29.8 Å². The molecule has 0 atom stereocenters. The summed E-state index contributed by atoms with van der Waals surface area (Å²) in [5, 5.41) is 6.79. The Kier molecular flexibility index (Phi) is 12.4. The molecule has 0 aromatic heterocycles. The summed E-state index contributed by atoms with van der Waals surface area (Å²) < 4.78 is 10.3. The Morgan fingerprint density at radius 3 is 2.44 bits per heavy atom. The highest BCUT2D eigenvalue weighted by Gasteiger charge is 2.19. The minimum Gasteiger partial charge on any atom is -0.497 e. The van der Waals surface area contributed by atoms with E-state index in [4.69, 9.17) is 9.47 Å². The summed E-state index contributed by atoms with van der Waals surface area (Å²) in [6, 6.07) is 8.39. The predicted octanol–water partition coefficient (Wildman–Crippen LogP) is 2.73. The maximum absolute atomic E-state index is 5.22. The van der Waals surface area contributed by atoms with E-state index in [0.29, 0.717) is 5.92 Å². The van der Waals surface area contributed by atoms with E-state index in [0.717, 1.165) is 57.5 Å². The average Bonchev–Trinajstić information content (AvgIpc) is 2.69. The van der Waals surface area contributed by atoms with Crippen molar-refractivity contribution in [1.29, 1.82) is 0 Å². The number of hydrogen-bond acceptors (Lipinski definition) is 4. The number of nitrogens with zero attached hydrogens (tertiary/aromatic N) is 2. The first-order valence-electron chi connectivity index (χ1n) is 9.54. The molecule has 1 saturated heterocycles. The third-order valence-corrected chi connectivity index (χ3v) is 4.87. The van der Waals surface area contributed by atoms with Gasteiger partial charge in [-0.05, 0) is 56.0 Å². The van der Waals surface area contributed by atoms with Gasteiger partial charge in [-0.3, -0.25) is 9.89 Å². The average molecular weight is 490 g/mol. The van der Waals surface area contributed by atoms with Crippen molar-refractivity contribution >= 4 is 29.9 Å². The molecule has 1 fully saturated rings. The largest absolute Gasteiger partial charge is 0.497 e. The lowest BCUT2D eigenvalue weighted by atomic mass is 9.96. The summed E-state index contributed by atoms with van der Waals surface area (Å²) in [4.78, 5) is 6.83. The number of halogens is 1. The number of guanidine groups is 1. The Balaban J connectivity index is 0.00000364. The minimum atomic E-state index is 0. The Labute approximate surface area is 181 Å². The summed E-state index contributed by atoms with van der Waals surface area (Å²) in [6.07, 6.45) is 3.44. The summed E-state index contributed by atoms with van der Waals surface area (Å²) >= 11 is 0. The zero-order valence-corrected chi connectivity index (χ0v) is 19.2. The Bertz CT molecular complexity index is 531. The lowest BCUT2D eigenvalue weighted by molar-refractivity contribution is 0.178. The molecule has 1 heterocycles. The quantitative estimate of drug-likeness (QED) is 0.241. The van der Waals surface area contributed by atoms with Crippen LogP contribution in [0.2, 0.25) is 0 Å². The second-order valence-corrected chi connectivity index (χ2v) is 6.79. The summed E-state index contributed by atoms with van der Waals surface area (Å²) in [6.45, 7) is 5.97. The van der Waals surface area contributed by atoms with Crippen molar-refractivity contribution in [3.63, 3.8) is 0 Å². The zero-order chi connectivity index (χ0) is 18.6. The van der Waals surface area contributed by atoms with Crippen molar-refractivity contribution in [2.75, 3.05) is 54.1 Å². The first-order valence-corrected chi connectivity index (χ1v) is 9.54. The van der Waals surface area contributed by atoms with Crippen LogP contribution < -0.4 is 15.4 Å². The van der Waals surface area contributed by atoms with E-state index < -0.39 is 0 Å². The van der Waals surface area contributed by atoms with Gasteiger partial charge in [0.1, 0.15) is 5.75 Å². The molecule has 0 saturated carbocycles. The molecule has 1 aliphatic heterocycles. The molecular weight excluding hydrogens is 455 g/mol.